The number of benzene rings is 2. The van der Waals surface area contributed by atoms with Gasteiger partial charge in [0.15, 0.2) is 6.10 Å². The normalized spacial score (nSPS) is 13.3. The summed E-state index contributed by atoms with van der Waals surface area (Å²) in [4.78, 5) is 11.3. The Morgan fingerprint density at radius 3 is 2.14 bits per heavy atom. The molecule has 0 saturated carbocycles. The molecule has 0 aliphatic heterocycles. The molecule has 0 heterocycles. The maximum Gasteiger partial charge on any atom is 0.303 e. The highest BCUT2D eigenvalue weighted by atomic mass is 16.6. The molecule has 0 fully saturated rings. The average molecular weight is 286 g/mol. The molecule has 0 radical (unpaired) electrons. The van der Waals surface area contributed by atoms with Gasteiger partial charge in [0, 0.05) is 6.92 Å². The van der Waals surface area contributed by atoms with Gasteiger partial charge >= 0.3 is 5.97 Å². The molecule has 0 spiro atoms. The predicted molar refractivity (Wildman–Crippen MR) is 78.9 cm³/mol. The lowest BCUT2D eigenvalue weighted by Gasteiger charge is -2.23. The van der Waals surface area contributed by atoms with Crippen LogP contribution in [0.2, 0.25) is 0 Å². The number of carbonyl (C=O) groups is 1. The van der Waals surface area contributed by atoms with E-state index >= 15 is 0 Å². The highest BCUT2D eigenvalue weighted by Gasteiger charge is 2.25. The van der Waals surface area contributed by atoms with Gasteiger partial charge in [-0.1, -0.05) is 42.5 Å². The zero-order chi connectivity index (χ0) is 15.2. The second-order valence-corrected chi connectivity index (χ2v) is 4.66. The second-order valence-electron chi connectivity index (χ2n) is 4.66. The van der Waals surface area contributed by atoms with Crippen molar-refractivity contribution in [3.8, 4) is 5.75 Å². The van der Waals surface area contributed by atoms with Crippen LogP contribution in [-0.2, 0) is 9.53 Å². The van der Waals surface area contributed by atoms with Crippen LogP contribution in [0.4, 0.5) is 0 Å². The number of carbonyl (C=O) groups excluding carboxylic acids is 1. The Morgan fingerprint density at radius 2 is 1.62 bits per heavy atom. The van der Waals surface area contributed by atoms with Crippen LogP contribution in [0.25, 0.3) is 0 Å². The number of ether oxygens (including phenoxy) is 2. The van der Waals surface area contributed by atoms with E-state index in [-0.39, 0.29) is 0 Å². The summed E-state index contributed by atoms with van der Waals surface area (Å²) in [5, 5.41) is 10.5. The Kier molecular flexibility index (Phi) is 4.95. The third kappa shape index (κ3) is 3.83. The zero-order valence-electron chi connectivity index (χ0n) is 12.0. The smallest absolute Gasteiger partial charge is 0.303 e. The summed E-state index contributed by atoms with van der Waals surface area (Å²) in [5.74, 6) is 0.264. The Hall–Kier alpha value is -2.33. The highest BCUT2D eigenvalue weighted by Crippen LogP contribution is 2.32. The first kappa shape index (κ1) is 15.1. The lowest BCUT2D eigenvalue weighted by molar-refractivity contribution is -0.153. The number of aliphatic hydroxyl groups excluding tert-OH is 1. The van der Waals surface area contributed by atoms with E-state index in [1.807, 2.05) is 18.2 Å². The Labute approximate surface area is 123 Å². The van der Waals surface area contributed by atoms with Crippen LogP contribution in [0.5, 0.6) is 5.75 Å². The van der Waals surface area contributed by atoms with Crippen molar-refractivity contribution in [2.75, 3.05) is 7.11 Å². The van der Waals surface area contributed by atoms with Gasteiger partial charge in [-0.3, -0.25) is 4.79 Å². The zero-order valence-corrected chi connectivity index (χ0v) is 12.0. The topological polar surface area (TPSA) is 55.8 Å². The maximum absolute atomic E-state index is 11.3. The van der Waals surface area contributed by atoms with Gasteiger partial charge in [0.05, 0.1) is 7.11 Å². The summed E-state index contributed by atoms with van der Waals surface area (Å²) in [6.07, 6.45) is -1.68. The van der Waals surface area contributed by atoms with E-state index in [0.717, 1.165) is 0 Å². The molecule has 2 aromatic rings. The Balaban J connectivity index is 2.30. The molecule has 0 aliphatic rings. The van der Waals surface area contributed by atoms with Gasteiger partial charge in [-0.2, -0.15) is 0 Å². The Bertz CT molecular complexity index is 577. The highest BCUT2D eigenvalue weighted by molar-refractivity contribution is 5.66. The molecule has 0 bridgehead atoms. The summed E-state index contributed by atoms with van der Waals surface area (Å²) in [6.45, 7) is 1.33. The first-order chi connectivity index (χ1) is 10.1. The molecule has 110 valence electrons. The average Bonchev–Trinajstić information content (AvgIpc) is 2.53. The Morgan fingerprint density at radius 1 is 1.00 bits per heavy atom. The minimum absolute atomic E-state index is 0.439. The lowest BCUT2D eigenvalue weighted by atomic mass is 9.98. The van der Waals surface area contributed by atoms with Crippen molar-refractivity contribution in [1.29, 1.82) is 0 Å². The van der Waals surface area contributed by atoms with Gasteiger partial charge in [-0.05, 0) is 23.3 Å². The van der Waals surface area contributed by atoms with Crippen LogP contribution >= 0.6 is 0 Å². The van der Waals surface area contributed by atoms with Crippen molar-refractivity contribution in [1.82, 2.24) is 0 Å². The molecule has 2 aromatic carbocycles. The number of hydrogen-bond acceptors (Lipinski definition) is 4. The minimum atomic E-state index is -0.927. The third-order valence-corrected chi connectivity index (χ3v) is 3.17. The van der Waals surface area contributed by atoms with E-state index in [1.54, 1.807) is 43.5 Å². The van der Waals surface area contributed by atoms with E-state index in [2.05, 4.69) is 0 Å². The van der Waals surface area contributed by atoms with Gasteiger partial charge in [-0.25, -0.2) is 0 Å². The number of rotatable bonds is 5. The number of hydrogen-bond donors (Lipinski definition) is 1. The van der Waals surface area contributed by atoms with Crippen molar-refractivity contribution >= 4 is 5.97 Å². The van der Waals surface area contributed by atoms with Gasteiger partial charge in [0.1, 0.15) is 11.9 Å². The fourth-order valence-corrected chi connectivity index (χ4v) is 2.11. The lowest BCUT2D eigenvalue weighted by Crippen LogP contribution is -2.17. The van der Waals surface area contributed by atoms with Gasteiger partial charge < -0.3 is 14.6 Å². The number of methoxy groups -OCH3 is 1. The van der Waals surface area contributed by atoms with E-state index in [4.69, 9.17) is 9.47 Å². The van der Waals surface area contributed by atoms with Gasteiger partial charge in [0.25, 0.3) is 0 Å². The van der Waals surface area contributed by atoms with Crippen molar-refractivity contribution in [2.24, 2.45) is 0 Å². The third-order valence-electron chi connectivity index (χ3n) is 3.17. The first-order valence-electron chi connectivity index (χ1n) is 6.66. The van der Waals surface area contributed by atoms with E-state index in [0.29, 0.717) is 16.9 Å². The molecule has 4 nitrogen and oxygen atoms in total. The van der Waals surface area contributed by atoms with Gasteiger partial charge in [-0.15, -0.1) is 0 Å². The molecular formula is C17H18O4. The summed E-state index contributed by atoms with van der Waals surface area (Å²) in [7, 11) is 1.58. The van der Waals surface area contributed by atoms with Crippen LogP contribution < -0.4 is 4.74 Å². The van der Waals surface area contributed by atoms with Gasteiger partial charge in [0.2, 0.25) is 0 Å². The van der Waals surface area contributed by atoms with Crippen molar-refractivity contribution in [3.63, 3.8) is 0 Å². The first-order valence-corrected chi connectivity index (χ1v) is 6.66. The molecule has 2 rings (SSSR count). The molecule has 1 N–H and O–H groups in total. The SMILES string of the molecule is COc1ccc(C(OC(C)=O)C(O)c2ccccc2)cc1. The molecule has 0 aliphatic carbocycles. The van der Waals surface area contributed by atoms with Crippen LogP contribution in [0.15, 0.2) is 54.6 Å². The minimum Gasteiger partial charge on any atom is -0.497 e. The fraction of sp³-hybridized carbons (Fsp3) is 0.235. The van der Waals surface area contributed by atoms with Crippen molar-refractivity contribution in [2.45, 2.75) is 19.1 Å². The summed E-state index contributed by atoms with van der Waals surface area (Å²) in [5.41, 5.74) is 1.40. The standard InChI is InChI=1S/C17H18O4/c1-12(18)21-17(14-8-10-15(20-2)11-9-14)16(19)13-6-4-3-5-7-13/h3-11,16-17,19H,1-2H3. The predicted octanol–water partition coefficient (Wildman–Crippen LogP) is 3.03. The summed E-state index contributed by atoms with van der Waals surface area (Å²) < 4.78 is 10.4. The second kappa shape index (κ2) is 6.90. The van der Waals surface area contributed by atoms with Crippen LogP contribution in [-0.4, -0.2) is 18.2 Å². The van der Waals surface area contributed by atoms with E-state index in [9.17, 15) is 9.90 Å². The van der Waals surface area contributed by atoms with Crippen molar-refractivity contribution in [3.05, 3.63) is 65.7 Å². The van der Waals surface area contributed by atoms with Crippen molar-refractivity contribution < 1.29 is 19.4 Å². The molecule has 0 saturated heterocycles. The van der Waals surface area contributed by atoms with E-state index < -0.39 is 18.2 Å². The summed E-state index contributed by atoms with van der Waals surface area (Å²) in [6, 6.07) is 16.2. The quantitative estimate of drug-likeness (QED) is 0.858. The van der Waals surface area contributed by atoms with Crippen LogP contribution in [0, 0.1) is 0 Å². The molecule has 2 atom stereocenters. The van der Waals surface area contributed by atoms with E-state index in [1.165, 1.54) is 6.92 Å². The fourth-order valence-electron chi connectivity index (χ4n) is 2.11. The number of esters is 1. The largest absolute Gasteiger partial charge is 0.497 e. The molecule has 2 unspecified atom stereocenters. The van der Waals surface area contributed by atoms with Crippen LogP contribution in [0.1, 0.15) is 30.3 Å². The monoisotopic (exact) mass is 286 g/mol. The molecule has 0 amide bonds. The molecule has 0 aromatic heterocycles. The van der Waals surface area contributed by atoms with Crippen LogP contribution in [0.3, 0.4) is 0 Å². The molecule has 4 heteroatoms. The molecular weight excluding hydrogens is 268 g/mol. The number of aliphatic hydroxyl groups is 1. The maximum atomic E-state index is 11.3. The summed E-state index contributed by atoms with van der Waals surface area (Å²) >= 11 is 0. The molecule has 21 heavy (non-hydrogen) atoms.